The van der Waals surface area contributed by atoms with E-state index in [1.54, 1.807) is 0 Å². The smallest absolute Gasteiger partial charge is 0.0453 e. The first kappa shape index (κ1) is 9.04. The van der Waals surface area contributed by atoms with Crippen LogP contribution in [0.4, 0.5) is 0 Å². The monoisotopic (exact) mass is 195 g/mol. The Morgan fingerprint density at radius 3 is 3.15 bits per heavy atom. The molecule has 0 saturated heterocycles. The largest absolute Gasteiger partial charge is 0.310 e. The van der Waals surface area contributed by atoms with Crippen molar-refractivity contribution in [2.75, 3.05) is 0 Å². The maximum Gasteiger partial charge on any atom is 0.0453 e. The van der Waals surface area contributed by atoms with Crippen molar-refractivity contribution in [2.45, 2.75) is 32.4 Å². The molecule has 0 fully saturated rings. The van der Waals surface area contributed by atoms with Gasteiger partial charge in [0.1, 0.15) is 0 Å². The predicted octanol–water partition coefficient (Wildman–Crippen LogP) is 2.76. The molecule has 0 aromatic heterocycles. The summed E-state index contributed by atoms with van der Waals surface area (Å²) in [6, 6.07) is 6.79. The van der Waals surface area contributed by atoms with E-state index < -0.39 is 0 Å². The summed E-state index contributed by atoms with van der Waals surface area (Å²) in [5, 5.41) is 4.36. The van der Waals surface area contributed by atoms with E-state index >= 15 is 0 Å². The van der Waals surface area contributed by atoms with Crippen molar-refractivity contribution < 1.29 is 0 Å². The Bertz CT molecular complexity index is 309. The van der Waals surface area contributed by atoms with Crippen LogP contribution in [0, 0.1) is 0 Å². The zero-order valence-corrected chi connectivity index (χ0v) is 8.56. The number of hydrogen-bond donors (Lipinski definition) is 1. The molecule has 0 aliphatic carbocycles. The third-order valence-corrected chi connectivity index (χ3v) is 3.04. The molecule has 1 N–H and O–H groups in total. The maximum absolute atomic E-state index is 6.12. The van der Waals surface area contributed by atoms with E-state index in [2.05, 4.69) is 18.3 Å². The van der Waals surface area contributed by atoms with E-state index in [1.807, 2.05) is 12.1 Å². The fourth-order valence-corrected chi connectivity index (χ4v) is 2.05. The molecule has 1 aromatic carbocycles. The minimum Gasteiger partial charge on any atom is -0.310 e. The van der Waals surface area contributed by atoms with Crippen LogP contribution in [0.15, 0.2) is 18.2 Å². The van der Waals surface area contributed by atoms with Crippen LogP contribution in [-0.2, 0) is 13.0 Å². The molecule has 2 rings (SSSR count). The minimum absolute atomic E-state index is 0.600. The fraction of sp³-hybridized carbons (Fsp3) is 0.455. The first-order valence-electron chi connectivity index (χ1n) is 4.77. The van der Waals surface area contributed by atoms with E-state index in [0.29, 0.717) is 6.04 Å². The first-order valence-corrected chi connectivity index (χ1v) is 5.15. The molecule has 0 amide bonds. The zero-order chi connectivity index (χ0) is 9.26. The Balaban J connectivity index is 2.35. The van der Waals surface area contributed by atoms with Gasteiger partial charge in [0.2, 0.25) is 0 Å². The van der Waals surface area contributed by atoms with Gasteiger partial charge in [-0.3, -0.25) is 0 Å². The second-order valence-electron chi connectivity index (χ2n) is 3.70. The lowest BCUT2D eigenvalue weighted by Crippen LogP contribution is -2.23. The summed E-state index contributed by atoms with van der Waals surface area (Å²) >= 11 is 6.12. The highest BCUT2D eigenvalue weighted by Gasteiger charge is 2.13. The minimum atomic E-state index is 0.600. The average molecular weight is 196 g/mol. The van der Waals surface area contributed by atoms with Gasteiger partial charge in [-0.25, -0.2) is 0 Å². The molecule has 0 spiro atoms. The van der Waals surface area contributed by atoms with Crippen molar-refractivity contribution in [3.8, 4) is 0 Å². The van der Waals surface area contributed by atoms with Crippen molar-refractivity contribution >= 4 is 11.6 Å². The van der Waals surface area contributed by atoms with E-state index in [0.717, 1.165) is 18.0 Å². The summed E-state index contributed by atoms with van der Waals surface area (Å²) < 4.78 is 0. The molecule has 1 heterocycles. The van der Waals surface area contributed by atoms with Crippen molar-refractivity contribution in [1.29, 1.82) is 0 Å². The van der Waals surface area contributed by atoms with Crippen LogP contribution in [-0.4, -0.2) is 6.04 Å². The van der Waals surface area contributed by atoms with Crippen LogP contribution in [0.3, 0.4) is 0 Å². The molecular weight excluding hydrogens is 182 g/mol. The lowest BCUT2D eigenvalue weighted by Gasteiger charge is -2.08. The van der Waals surface area contributed by atoms with Crippen LogP contribution in [0.5, 0.6) is 0 Å². The summed E-state index contributed by atoms with van der Waals surface area (Å²) in [6.45, 7) is 3.13. The van der Waals surface area contributed by atoms with E-state index in [9.17, 15) is 0 Å². The van der Waals surface area contributed by atoms with Gasteiger partial charge in [0.15, 0.2) is 0 Å². The van der Waals surface area contributed by atoms with Crippen LogP contribution in [0.1, 0.15) is 24.5 Å². The lowest BCUT2D eigenvalue weighted by molar-refractivity contribution is 0.534. The molecule has 1 atom stereocenters. The predicted molar refractivity (Wildman–Crippen MR) is 56.1 cm³/mol. The second kappa shape index (κ2) is 3.69. The van der Waals surface area contributed by atoms with Gasteiger partial charge in [-0.05, 0) is 37.0 Å². The molecule has 2 heteroatoms. The third kappa shape index (κ3) is 1.87. The maximum atomic E-state index is 6.12. The van der Waals surface area contributed by atoms with Gasteiger partial charge in [0, 0.05) is 17.6 Å². The van der Waals surface area contributed by atoms with Gasteiger partial charge in [-0.15, -0.1) is 0 Å². The Hall–Kier alpha value is -0.530. The third-order valence-electron chi connectivity index (χ3n) is 2.69. The van der Waals surface area contributed by atoms with Crippen LogP contribution in [0.2, 0.25) is 5.02 Å². The van der Waals surface area contributed by atoms with Gasteiger partial charge in [0.05, 0.1) is 0 Å². The number of nitrogens with one attached hydrogen (secondary N) is 1. The van der Waals surface area contributed by atoms with E-state index in [4.69, 9.17) is 11.6 Å². The quantitative estimate of drug-likeness (QED) is 0.672. The number of aryl methyl sites for hydroxylation is 1. The molecule has 13 heavy (non-hydrogen) atoms. The molecule has 70 valence electrons. The molecule has 0 saturated carbocycles. The summed E-state index contributed by atoms with van der Waals surface area (Å²) in [5.74, 6) is 0. The van der Waals surface area contributed by atoms with Gasteiger partial charge in [-0.1, -0.05) is 23.7 Å². The van der Waals surface area contributed by atoms with Crippen molar-refractivity contribution in [3.63, 3.8) is 0 Å². The SMILES string of the molecule is CC1CCc2cccc(Cl)c2CN1. The van der Waals surface area contributed by atoms with Gasteiger partial charge in [-0.2, -0.15) is 0 Å². The van der Waals surface area contributed by atoms with Crippen LogP contribution >= 0.6 is 11.6 Å². The summed E-state index contributed by atoms with van der Waals surface area (Å²) in [7, 11) is 0. The Morgan fingerprint density at radius 2 is 2.31 bits per heavy atom. The molecule has 0 bridgehead atoms. The second-order valence-corrected chi connectivity index (χ2v) is 4.11. The Morgan fingerprint density at radius 1 is 1.46 bits per heavy atom. The molecular formula is C11H14ClN. The number of fused-ring (bicyclic) bond motifs is 1. The summed E-state index contributed by atoms with van der Waals surface area (Å²) in [5.41, 5.74) is 2.69. The molecule has 1 aromatic rings. The Kier molecular flexibility index (Phi) is 2.56. The average Bonchev–Trinajstić information content (AvgIpc) is 2.30. The highest BCUT2D eigenvalue weighted by molar-refractivity contribution is 6.31. The van der Waals surface area contributed by atoms with Crippen molar-refractivity contribution in [1.82, 2.24) is 5.32 Å². The van der Waals surface area contributed by atoms with Crippen LogP contribution in [0.25, 0.3) is 0 Å². The standard InChI is InChI=1S/C11H14ClN/c1-8-5-6-9-3-2-4-11(12)10(9)7-13-8/h2-4,8,13H,5-7H2,1H3. The number of hydrogen-bond acceptors (Lipinski definition) is 1. The molecule has 1 nitrogen and oxygen atoms in total. The van der Waals surface area contributed by atoms with Crippen LogP contribution < -0.4 is 5.32 Å². The summed E-state index contributed by atoms with van der Waals surface area (Å²) in [6.07, 6.45) is 2.34. The summed E-state index contributed by atoms with van der Waals surface area (Å²) in [4.78, 5) is 0. The highest BCUT2D eigenvalue weighted by atomic mass is 35.5. The van der Waals surface area contributed by atoms with Crippen molar-refractivity contribution in [3.05, 3.63) is 34.3 Å². The van der Waals surface area contributed by atoms with Gasteiger partial charge in [0.25, 0.3) is 0 Å². The number of halogens is 1. The zero-order valence-electron chi connectivity index (χ0n) is 7.81. The molecule has 1 aliphatic rings. The first-order chi connectivity index (χ1) is 6.27. The van der Waals surface area contributed by atoms with E-state index in [1.165, 1.54) is 17.5 Å². The lowest BCUT2D eigenvalue weighted by atomic mass is 10.0. The number of rotatable bonds is 0. The van der Waals surface area contributed by atoms with Gasteiger partial charge >= 0.3 is 0 Å². The Labute approximate surface area is 84.1 Å². The normalized spacial score (nSPS) is 22.2. The van der Waals surface area contributed by atoms with Gasteiger partial charge < -0.3 is 5.32 Å². The number of benzene rings is 1. The highest BCUT2D eigenvalue weighted by Crippen LogP contribution is 2.23. The molecule has 1 unspecified atom stereocenters. The van der Waals surface area contributed by atoms with E-state index in [-0.39, 0.29) is 0 Å². The fourth-order valence-electron chi connectivity index (χ4n) is 1.79. The van der Waals surface area contributed by atoms with Crippen molar-refractivity contribution in [2.24, 2.45) is 0 Å². The molecule has 1 aliphatic heterocycles. The topological polar surface area (TPSA) is 12.0 Å². The molecule has 0 radical (unpaired) electrons.